The number of rotatable bonds is 5. The van der Waals surface area contributed by atoms with Crippen molar-refractivity contribution in [1.82, 2.24) is 15.0 Å². The molecule has 0 spiro atoms. The van der Waals surface area contributed by atoms with Gasteiger partial charge in [-0.3, -0.25) is 4.79 Å². The van der Waals surface area contributed by atoms with E-state index in [4.69, 9.17) is 16.3 Å². The summed E-state index contributed by atoms with van der Waals surface area (Å²) in [5, 5.41) is 8.92. The number of thiophene rings is 1. The van der Waals surface area contributed by atoms with Gasteiger partial charge < -0.3 is 4.74 Å². The van der Waals surface area contributed by atoms with E-state index in [0.717, 1.165) is 21.6 Å². The lowest BCUT2D eigenvalue weighted by molar-refractivity contribution is 0.0740. The number of hydrogen-bond acceptors (Lipinski definition) is 8. The normalized spacial score (nSPS) is 11.1. The number of aryl methyl sites for hydroxylation is 1. The molecule has 2 aromatic heterocycles. The van der Waals surface area contributed by atoms with Crippen LogP contribution in [0.15, 0.2) is 53.6 Å². The van der Waals surface area contributed by atoms with E-state index in [1.54, 1.807) is 31.2 Å². The SMILES string of the molecule is Cc1nnsc1C(=O)NN=Cc1cccc(OC(=O)c2sc3ccccc3c2Cl)c1. The maximum absolute atomic E-state index is 12.6. The van der Waals surface area contributed by atoms with Crippen molar-refractivity contribution in [2.24, 2.45) is 5.10 Å². The standard InChI is InChI=1S/C20H13ClN4O3S2/c1-11-17(30-25-23-11)19(26)24-22-10-12-5-4-6-13(9-12)28-20(27)18-16(21)14-7-2-3-8-15(14)29-18/h2-10H,1H3,(H,24,26). The van der Waals surface area contributed by atoms with Crippen LogP contribution in [0.4, 0.5) is 0 Å². The van der Waals surface area contributed by atoms with Crippen LogP contribution < -0.4 is 10.2 Å². The highest BCUT2D eigenvalue weighted by molar-refractivity contribution is 7.21. The van der Waals surface area contributed by atoms with Gasteiger partial charge in [-0.2, -0.15) is 5.10 Å². The molecule has 0 saturated heterocycles. The van der Waals surface area contributed by atoms with Gasteiger partial charge in [0.05, 0.1) is 16.9 Å². The molecule has 0 fully saturated rings. The zero-order chi connectivity index (χ0) is 21.1. The molecule has 2 aromatic carbocycles. The van der Waals surface area contributed by atoms with Gasteiger partial charge in [-0.05, 0) is 42.2 Å². The van der Waals surface area contributed by atoms with E-state index in [0.29, 0.717) is 31.8 Å². The molecule has 0 aliphatic rings. The van der Waals surface area contributed by atoms with Crippen LogP contribution in [0, 0.1) is 6.92 Å². The number of hydrazone groups is 1. The Labute approximate surface area is 184 Å². The first-order chi connectivity index (χ1) is 14.5. The highest BCUT2D eigenvalue weighted by atomic mass is 35.5. The van der Waals surface area contributed by atoms with Gasteiger partial charge in [0.2, 0.25) is 0 Å². The van der Waals surface area contributed by atoms with E-state index >= 15 is 0 Å². The first kappa shape index (κ1) is 20.1. The molecule has 30 heavy (non-hydrogen) atoms. The Hall–Kier alpha value is -3.14. The molecular weight excluding hydrogens is 444 g/mol. The third-order valence-corrected chi connectivity index (χ3v) is 6.51. The van der Waals surface area contributed by atoms with Gasteiger partial charge in [-0.15, -0.1) is 16.4 Å². The number of nitrogens with one attached hydrogen (secondary N) is 1. The van der Waals surface area contributed by atoms with Gasteiger partial charge in [0.1, 0.15) is 15.5 Å². The molecule has 2 heterocycles. The van der Waals surface area contributed by atoms with Crippen molar-refractivity contribution < 1.29 is 14.3 Å². The molecule has 0 unspecified atom stereocenters. The van der Waals surface area contributed by atoms with Crippen LogP contribution >= 0.6 is 34.5 Å². The van der Waals surface area contributed by atoms with Crippen LogP contribution in [0.3, 0.4) is 0 Å². The summed E-state index contributed by atoms with van der Waals surface area (Å²) >= 11 is 8.62. The average Bonchev–Trinajstić information content (AvgIpc) is 3.32. The zero-order valence-electron chi connectivity index (χ0n) is 15.5. The number of benzene rings is 2. The van der Waals surface area contributed by atoms with Crippen LogP contribution in [0.25, 0.3) is 10.1 Å². The highest BCUT2D eigenvalue weighted by Gasteiger charge is 2.19. The lowest BCUT2D eigenvalue weighted by atomic mass is 10.2. The monoisotopic (exact) mass is 456 g/mol. The number of hydrogen-bond donors (Lipinski definition) is 1. The predicted octanol–water partition coefficient (Wildman–Crippen LogP) is 4.70. The second-order valence-corrected chi connectivity index (χ2v) is 8.27. The fourth-order valence-electron chi connectivity index (χ4n) is 2.61. The molecule has 0 aliphatic heterocycles. The Morgan fingerprint density at radius 1 is 1.17 bits per heavy atom. The van der Waals surface area contributed by atoms with E-state index in [9.17, 15) is 9.59 Å². The Balaban J connectivity index is 1.45. The summed E-state index contributed by atoms with van der Waals surface area (Å²) in [6.45, 7) is 1.70. The molecule has 0 saturated carbocycles. The molecule has 10 heteroatoms. The van der Waals surface area contributed by atoms with E-state index in [-0.39, 0.29) is 5.91 Å². The Morgan fingerprint density at radius 2 is 2.00 bits per heavy atom. The smallest absolute Gasteiger partial charge is 0.355 e. The first-order valence-electron chi connectivity index (χ1n) is 8.64. The largest absolute Gasteiger partial charge is 0.422 e. The van der Waals surface area contributed by atoms with Crippen molar-refractivity contribution in [2.45, 2.75) is 6.92 Å². The number of carbonyl (C=O) groups excluding carboxylic acids is 2. The Bertz CT molecular complexity index is 1280. The number of nitrogens with zero attached hydrogens (tertiary/aromatic N) is 3. The van der Waals surface area contributed by atoms with Gasteiger partial charge in [-0.25, -0.2) is 10.2 Å². The van der Waals surface area contributed by atoms with E-state index in [1.807, 2.05) is 24.3 Å². The molecule has 0 atom stereocenters. The molecule has 0 radical (unpaired) electrons. The minimum Gasteiger partial charge on any atom is -0.422 e. The van der Waals surface area contributed by atoms with Gasteiger partial charge in [0, 0.05) is 10.1 Å². The summed E-state index contributed by atoms with van der Waals surface area (Å²) < 4.78 is 10.1. The number of ether oxygens (including phenoxy) is 1. The van der Waals surface area contributed by atoms with Crippen molar-refractivity contribution in [3.05, 3.63) is 74.6 Å². The van der Waals surface area contributed by atoms with Crippen LogP contribution in [-0.4, -0.2) is 27.7 Å². The van der Waals surface area contributed by atoms with Crippen LogP contribution in [0.1, 0.15) is 30.6 Å². The second-order valence-electron chi connectivity index (χ2n) is 6.09. The molecule has 4 rings (SSSR count). The van der Waals surface area contributed by atoms with Gasteiger partial charge in [0.15, 0.2) is 0 Å². The number of carbonyl (C=O) groups is 2. The van der Waals surface area contributed by atoms with Gasteiger partial charge in [0.25, 0.3) is 5.91 Å². The first-order valence-corrected chi connectivity index (χ1v) is 10.6. The van der Waals surface area contributed by atoms with Gasteiger partial charge >= 0.3 is 5.97 Å². The number of esters is 1. The summed E-state index contributed by atoms with van der Waals surface area (Å²) in [5.41, 5.74) is 3.60. The molecule has 1 N–H and O–H groups in total. The molecule has 7 nitrogen and oxygen atoms in total. The summed E-state index contributed by atoms with van der Waals surface area (Å²) in [4.78, 5) is 25.3. The van der Waals surface area contributed by atoms with Crippen molar-refractivity contribution in [3.8, 4) is 5.75 Å². The maximum atomic E-state index is 12.6. The fourth-order valence-corrected chi connectivity index (χ4v) is 4.54. The van der Waals surface area contributed by atoms with Crippen LogP contribution in [0.2, 0.25) is 5.02 Å². The molecule has 1 amide bonds. The third-order valence-electron chi connectivity index (χ3n) is 4.03. The fraction of sp³-hybridized carbons (Fsp3) is 0.0500. The van der Waals surface area contributed by atoms with E-state index in [1.165, 1.54) is 17.6 Å². The number of halogens is 1. The van der Waals surface area contributed by atoms with Crippen molar-refractivity contribution in [3.63, 3.8) is 0 Å². The third kappa shape index (κ3) is 4.23. The van der Waals surface area contributed by atoms with Crippen molar-refractivity contribution in [2.75, 3.05) is 0 Å². The van der Waals surface area contributed by atoms with Crippen molar-refractivity contribution >= 4 is 62.6 Å². The number of aromatic nitrogens is 2. The zero-order valence-corrected chi connectivity index (χ0v) is 17.8. The maximum Gasteiger partial charge on any atom is 0.355 e. The summed E-state index contributed by atoms with van der Waals surface area (Å²) in [7, 11) is 0. The van der Waals surface area contributed by atoms with Gasteiger partial charge in [-0.1, -0.05) is 46.4 Å². The van der Waals surface area contributed by atoms with Crippen LogP contribution in [-0.2, 0) is 0 Å². The second kappa shape index (κ2) is 8.70. The Morgan fingerprint density at radius 3 is 2.77 bits per heavy atom. The molecule has 0 aliphatic carbocycles. The quantitative estimate of drug-likeness (QED) is 0.203. The van der Waals surface area contributed by atoms with E-state index in [2.05, 4.69) is 20.1 Å². The minimum atomic E-state index is -0.531. The van der Waals surface area contributed by atoms with Crippen LogP contribution in [0.5, 0.6) is 5.75 Å². The summed E-state index contributed by atoms with van der Waals surface area (Å²) in [5.74, 6) is -0.580. The Kier molecular flexibility index (Phi) is 5.84. The number of amides is 1. The number of fused-ring (bicyclic) bond motifs is 1. The molecule has 0 bridgehead atoms. The lowest BCUT2D eigenvalue weighted by Crippen LogP contribution is -2.17. The van der Waals surface area contributed by atoms with Crippen molar-refractivity contribution in [1.29, 1.82) is 0 Å². The molecular formula is C20H13ClN4O3S2. The van der Waals surface area contributed by atoms with E-state index < -0.39 is 5.97 Å². The molecule has 150 valence electrons. The summed E-state index contributed by atoms with van der Waals surface area (Å²) in [6.07, 6.45) is 1.45. The predicted molar refractivity (Wildman–Crippen MR) is 118 cm³/mol. The lowest BCUT2D eigenvalue weighted by Gasteiger charge is -2.04. The highest BCUT2D eigenvalue weighted by Crippen LogP contribution is 2.35. The summed E-state index contributed by atoms with van der Waals surface area (Å²) in [6, 6.07) is 14.3. The topological polar surface area (TPSA) is 93.5 Å². The average molecular weight is 457 g/mol. The molecule has 4 aromatic rings. The minimum absolute atomic E-state index is 0.339.